The van der Waals surface area contributed by atoms with Crippen LogP contribution in [0, 0.1) is 5.92 Å². The molecule has 1 N–H and O–H groups in total. The summed E-state index contributed by atoms with van der Waals surface area (Å²) in [5.41, 5.74) is -0.849. The molecule has 2 fully saturated rings. The number of ether oxygens (including phenoxy) is 2. The third kappa shape index (κ3) is 3.52. The number of carbonyl (C=O) groups is 3. The van der Waals surface area contributed by atoms with Gasteiger partial charge in [-0.3, -0.25) is 14.5 Å². The number of likely N-dealkylation sites (N-methyl/N-ethyl adjacent to an activating group) is 1. The Morgan fingerprint density at radius 3 is 2.79 bits per heavy atom. The van der Waals surface area contributed by atoms with Crippen molar-refractivity contribution in [2.45, 2.75) is 44.2 Å². The molecule has 2 heterocycles. The van der Waals surface area contributed by atoms with Gasteiger partial charge in [0.2, 0.25) is 5.91 Å². The van der Waals surface area contributed by atoms with E-state index >= 15 is 0 Å². The molecule has 156 valence electrons. The molecule has 3 atom stereocenters. The Labute approximate surface area is 170 Å². The Morgan fingerprint density at radius 2 is 2.03 bits per heavy atom. The number of para-hydroxylation sites is 2. The molecule has 8 heteroatoms. The standard InChI is InChI=1S/C21H27N3O5/c1-14-7-5-6-10-21(14)19(26)24(20(27)22-21)12-18(25)23(2)11-15-13-28-16-8-3-4-9-17(16)29-15/h3-4,8-9,14-15H,5-7,10-13H2,1-2H3,(H,22,27)/t14-,15-,21+/m1/s1. The maximum Gasteiger partial charge on any atom is 0.325 e. The Morgan fingerprint density at radius 1 is 1.28 bits per heavy atom. The zero-order chi connectivity index (χ0) is 20.6. The van der Waals surface area contributed by atoms with Gasteiger partial charge in [0.15, 0.2) is 17.6 Å². The van der Waals surface area contributed by atoms with E-state index in [1.165, 1.54) is 4.90 Å². The van der Waals surface area contributed by atoms with E-state index in [0.717, 1.165) is 24.2 Å². The van der Waals surface area contributed by atoms with Crippen LogP contribution >= 0.6 is 0 Å². The molecule has 0 bridgehead atoms. The number of hydrogen-bond acceptors (Lipinski definition) is 5. The summed E-state index contributed by atoms with van der Waals surface area (Å²) < 4.78 is 11.6. The van der Waals surface area contributed by atoms with Crippen LogP contribution in [0.2, 0.25) is 0 Å². The first-order valence-electron chi connectivity index (χ1n) is 10.2. The number of imide groups is 1. The number of carbonyl (C=O) groups excluding carboxylic acids is 3. The lowest BCUT2D eigenvalue weighted by atomic mass is 9.73. The summed E-state index contributed by atoms with van der Waals surface area (Å²) in [6, 6.07) is 6.91. The van der Waals surface area contributed by atoms with Crippen LogP contribution in [0.3, 0.4) is 0 Å². The molecule has 1 aromatic rings. The van der Waals surface area contributed by atoms with Gasteiger partial charge in [-0.25, -0.2) is 4.79 Å². The summed E-state index contributed by atoms with van der Waals surface area (Å²) in [5.74, 6) is 0.813. The molecule has 8 nitrogen and oxygen atoms in total. The van der Waals surface area contributed by atoms with Gasteiger partial charge in [0.05, 0.1) is 6.54 Å². The first kappa shape index (κ1) is 19.5. The van der Waals surface area contributed by atoms with Crippen molar-refractivity contribution >= 4 is 17.8 Å². The second kappa shape index (κ2) is 7.57. The predicted octanol–water partition coefficient (Wildman–Crippen LogP) is 1.79. The minimum absolute atomic E-state index is 0.0680. The molecule has 1 aliphatic carbocycles. The van der Waals surface area contributed by atoms with Gasteiger partial charge in [-0.2, -0.15) is 0 Å². The molecule has 1 spiro atoms. The van der Waals surface area contributed by atoms with Gasteiger partial charge in [-0.15, -0.1) is 0 Å². The lowest BCUT2D eigenvalue weighted by Gasteiger charge is -2.36. The van der Waals surface area contributed by atoms with Crippen molar-refractivity contribution in [2.24, 2.45) is 5.92 Å². The molecule has 29 heavy (non-hydrogen) atoms. The van der Waals surface area contributed by atoms with Crippen molar-refractivity contribution in [1.82, 2.24) is 15.1 Å². The summed E-state index contributed by atoms with van der Waals surface area (Å²) >= 11 is 0. The molecule has 4 rings (SSSR count). The summed E-state index contributed by atoms with van der Waals surface area (Å²) in [7, 11) is 1.64. The maximum atomic E-state index is 13.0. The van der Waals surface area contributed by atoms with Gasteiger partial charge in [-0.1, -0.05) is 31.9 Å². The van der Waals surface area contributed by atoms with Gasteiger partial charge < -0.3 is 19.7 Å². The summed E-state index contributed by atoms with van der Waals surface area (Å²) in [4.78, 5) is 40.7. The van der Waals surface area contributed by atoms with Gasteiger partial charge in [-0.05, 0) is 30.9 Å². The lowest BCUT2D eigenvalue weighted by Crippen LogP contribution is -2.54. The van der Waals surface area contributed by atoms with Crippen molar-refractivity contribution in [3.8, 4) is 11.5 Å². The Hall–Kier alpha value is -2.77. The van der Waals surface area contributed by atoms with Crippen LogP contribution in [0.4, 0.5) is 4.79 Å². The molecule has 4 amide bonds. The number of nitrogens with one attached hydrogen (secondary N) is 1. The summed E-state index contributed by atoms with van der Waals surface area (Å²) in [6.45, 7) is 2.36. The van der Waals surface area contributed by atoms with E-state index in [1.54, 1.807) is 7.05 Å². The molecule has 0 aromatic heterocycles. The van der Waals surface area contributed by atoms with E-state index in [1.807, 2.05) is 31.2 Å². The normalized spacial score (nSPS) is 28.4. The number of benzene rings is 1. The fourth-order valence-corrected chi connectivity index (χ4v) is 4.46. The average Bonchev–Trinajstić information content (AvgIpc) is 2.95. The monoisotopic (exact) mass is 401 g/mol. The van der Waals surface area contributed by atoms with Crippen molar-refractivity contribution < 1.29 is 23.9 Å². The van der Waals surface area contributed by atoms with Gasteiger partial charge in [0, 0.05) is 7.05 Å². The molecule has 0 radical (unpaired) electrons. The molecular weight excluding hydrogens is 374 g/mol. The average molecular weight is 401 g/mol. The quantitative estimate of drug-likeness (QED) is 0.777. The van der Waals surface area contributed by atoms with Crippen LogP contribution in [0.25, 0.3) is 0 Å². The molecule has 3 aliphatic rings. The fourth-order valence-electron chi connectivity index (χ4n) is 4.46. The zero-order valence-electron chi connectivity index (χ0n) is 16.8. The second-order valence-electron chi connectivity index (χ2n) is 8.21. The number of fused-ring (bicyclic) bond motifs is 1. The van der Waals surface area contributed by atoms with Crippen LogP contribution in [-0.4, -0.2) is 66.0 Å². The van der Waals surface area contributed by atoms with Crippen molar-refractivity contribution in [1.29, 1.82) is 0 Å². The molecule has 0 unspecified atom stereocenters. The number of nitrogens with zero attached hydrogens (tertiary/aromatic N) is 2. The highest BCUT2D eigenvalue weighted by atomic mass is 16.6. The number of hydrogen-bond donors (Lipinski definition) is 1. The van der Waals surface area contributed by atoms with Gasteiger partial charge in [0.1, 0.15) is 18.7 Å². The van der Waals surface area contributed by atoms with E-state index in [-0.39, 0.29) is 30.4 Å². The number of urea groups is 1. The van der Waals surface area contributed by atoms with E-state index in [4.69, 9.17) is 9.47 Å². The zero-order valence-corrected chi connectivity index (χ0v) is 16.8. The lowest BCUT2D eigenvalue weighted by molar-refractivity contribution is -0.140. The van der Waals surface area contributed by atoms with E-state index < -0.39 is 11.6 Å². The molecule has 1 saturated carbocycles. The molecule has 1 aromatic carbocycles. The highest BCUT2D eigenvalue weighted by molar-refractivity contribution is 6.09. The predicted molar refractivity (Wildman–Crippen MR) is 105 cm³/mol. The van der Waals surface area contributed by atoms with E-state index in [2.05, 4.69) is 5.32 Å². The number of amides is 4. The third-order valence-corrected chi connectivity index (χ3v) is 6.27. The van der Waals surface area contributed by atoms with Crippen LogP contribution in [0.1, 0.15) is 32.6 Å². The van der Waals surface area contributed by atoms with Crippen molar-refractivity contribution in [3.63, 3.8) is 0 Å². The smallest absolute Gasteiger partial charge is 0.325 e. The van der Waals surface area contributed by atoms with E-state index in [0.29, 0.717) is 31.1 Å². The SMILES string of the molecule is C[C@@H]1CCCC[C@]12NC(=O)N(CC(=O)N(C)C[C@@H]1COc3ccccc3O1)C2=O. The second-order valence-corrected chi connectivity index (χ2v) is 8.21. The summed E-state index contributed by atoms with van der Waals surface area (Å²) in [5, 5.41) is 2.88. The first-order chi connectivity index (χ1) is 13.9. The van der Waals surface area contributed by atoms with Gasteiger partial charge in [0.25, 0.3) is 5.91 Å². The van der Waals surface area contributed by atoms with Crippen molar-refractivity contribution in [3.05, 3.63) is 24.3 Å². The van der Waals surface area contributed by atoms with Crippen LogP contribution < -0.4 is 14.8 Å². The Kier molecular flexibility index (Phi) is 5.10. The fraction of sp³-hybridized carbons (Fsp3) is 0.571. The third-order valence-electron chi connectivity index (χ3n) is 6.27. The van der Waals surface area contributed by atoms with Crippen LogP contribution in [0.5, 0.6) is 11.5 Å². The maximum absolute atomic E-state index is 13.0. The minimum atomic E-state index is -0.849. The largest absolute Gasteiger partial charge is 0.486 e. The molecule has 2 aliphatic heterocycles. The van der Waals surface area contributed by atoms with E-state index in [9.17, 15) is 14.4 Å². The Balaban J connectivity index is 1.36. The Bertz CT molecular complexity index is 828. The molecular formula is C21H27N3O5. The number of rotatable bonds is 4. The highest BCUT2D eigenvalue weighted by Gasteiger charge is 2.55. The minimum Gasteiger partial charge on any atom is -0.486 e. The van der Waals surface area contributed by atoms with Gasteiger partial charge >= 0.3 is 6.03 Å². The molecule has 1 saturated heterocycles. The summed E-state index contributed by atoms with van der Waals surface area (Å²) in [6.07, 6.45) is 3.17. The topological polar surface area (TPSA) is 88.2 Å². The van der Waals surface area contributed by atoms with Crippen LogP contribution in [0.15, 0.2) is 24.3 Å². The highest BCUT2D eigenvalue weighted by Crippen LogP contribution is 2.38. The first-order valence-corrected chi connectivity index (χ1v) is 10.2. The van der Waals surface area contributed by atoms with Crippen LogP contribution in [-0.2, 0) is 9.59 Å². The van der Waals surface area contributed by atoms with Crippen molar-refractivity contribution in [2.75, 3.05) is 26.7 Å².